The summed E-state index contributed by atoms with van der Waals surface area (Å²) in [6.45, 7) is 2.54. The molecule has 0 aromatic heterocycles. The zero-order valence-electron chi connectivity index (χ0n) is 9.03. The van der Waals surface area contributed by atoms with E-state index in [9.17, 15) is 4.79 Å². The molecule has 0 heterocycles. The van der Waals surface area contributed by atoms with Crippen LogP contribution in [0, 0.1) is 0 Å². The van der Waals surface area contributed by atoms with Gasteiger partial charge in [0, 0.05) is 0 Å². The van der Waals surface area contributed by atoms with Crippen LogP contribution in [-0.4, -0.2) is 12.6 Å². The quantitative estimate of drug-likeness (QED) is 0.705. The molecule has 0 spiro atoms. The molecule has 1 saturated carbocycles. The van der Waals surface area contributed by atoms with E-state index in [2.05, 4.69) is 0 Å². The van der Waals surface area contributed by atoms with Crippen molar-refractivity contribution in [1.82, 2.24) is 0 Å². The largest absolute Gasteiger partial charge is 0.465 e. The summed E-state index contributed by atoms with van der Waals surface area (Å²) in [4.78, 5) is 11.9. The summed E-state index contributed by atoms with van der Waals surface area (Å²) >= 11 is 0. The predicted octanol–water partition coefficient (Wildman–Crippen LogP) is 2.67. The minimum Gasteiger partial charge on any atom is -0.465 e. The van der Waals surface area contributed by atoms with E-state index in [4.69, 9.17) is 4.74 Å². The van der Waals surface area contributed by atoms with Crippen molar-refractivity contribution in [1.29, 1.82) is 0 Å². The molecule has 0 atom stereocenters. The Morgan fingerprint density at radius 3 is 2.53 bits per heavy atom. The van der Waals surface area contributed by atoms with Crippen LogP contribution in [0.25, 0.3) is 0 Å². The fourth-order valence-corrected chi connectivity index (χ4v) is 1.83. The van der Waals surface area contributed by atoms with Gasteiger partial charge in [0.15, 0.2) is 0 Å². The van der Waals surface area contributed by atoms with E-state index in [0.29, 0.717) is 6.61 Å². The molecule has 1 aliphatic rings. The lowest BCUT2D eigenvalue weighted by molar-refractivity contribution is -0.146. The van der Waals surface area contributed by atoms with Crippen molar-refractivity contribution in [2.24, 2.45) is 0 Å². The summed E-state index contributed by atoms with van der Waals surface area (Å²) < 4.78 is 5.23. The number of ether oxygens (including phenoxy) is 1. The highest BCUT2D eigenvalue weighted by molar-refractivity contribution is 5.86. The van der Waals surface area contributed by atoms with Crippen molar-refractivity contribution in [2.75, 3.05) is 6.61 Å². The first-order valence-corrected chi connectivity index (χ1v) is 5.52. The summed E-state index contributed by atoms with van der Waals surface area (Å²) in [5.74, 6) is -0.0458. The molecular formula is C13H16O2. The molecule has 1 aromatic carbocycles. The van der Waals surface area contributed by atoms with Crippen LogP contribution in [0.3, 0.4) is 0 Å². The van der Waals surface area contributed by atoms with Gasteiger partial charge in [-0.25, -0.2) is 0 Å². The Morgan fingerprint density at radius 1 is 1.33 bits per heavy atom. The molecule has 0 radical (unpaired) electrons. The number of carbonyl (C=O) groups excluding carboxylic acids is 1. The van der Waals surface area contributed by atoms with Gasteiger partial charge in [-0.15, -0.1) is 0 Å². The number of hydrogen-bond donors (Lipinski definition) is 0. The smallest absolute Gasteiger partial charge is 0.316 e. The van der Waals surface area contributed by atoms with Gasteiger partial charge in [0.1, 0.15) is 0 Å². The lowest BCUT2D eigenvalue weighted by Gasteiger charge is -2.14. The molecule has 15 heavy (non-hydrogen) atoms. The van der Waals surface area contributed by atoms with Crippen LogP contribution in [-0.2, 0) is 14.9 Å². The van der Waals surface area contributed by atoms with Crippen molar-refractivity contribution in [3.8, 4) is 0 Å². The standard InChI is InChI=1S/C13H16O2/c1-2-10-15-12(14)13(8-9-13)11-6-4-3-5-7-11/h3-7H,2,8-10H2,1H3. The van der Waals surface area contributed by atoms with Crippen LogP contribution in [0.4, 0.5) is 0 Å². The summed E-state index contributed by atoms with van der Waals surface area (Å²) in [7, 11) is 0. The number of carbonyl (C=O) groups is 1. The fraction of sp³-hybridized carbons (Fsp3) is 0.462. The molecule has 2 heteroatoms. The van der Waals surface area contributed by atoms with Crippen molar-refractivity contribution in [3.63, 3.8) is 0 Å². The molecule has 1 fully saturated rings. The lowest BCUT2D eigenvalue weighted by Crippen LogP contribution is -2.23. The Kier molecular flexibility index (Phi) is 2.76. The topological polar surface area (TPSA) is 26.3 Å². The highest BCUT2D eigenvalue weighted by atomic mass is 16.5. The summed E-state index contributed by atoms with van der Waals surface area (Å²) in [6, 6.07) is 9.95. The van der Waals surface area contributed by atoms with Crippen LogP contribution in [0.5, 0.6) is 0 Å². The van der Waals surface area contributed by atoms with Gasteiger partial charge in [-0.05, 0) is 24.8 Å². The second-order valence-corrected chi connectivity index (χ2v) is 4.08. The maximum absolute atomic E-state index is 11.9. The van der Waals surface area contributed by atoms with Gasteiger partial charge in [-0.1, -0.05) is 37.3 Å². The van der Waals surface area contributed by atoms with Gasteiger partial charge >= 0.3 is 5.97 Å². The van der Waals surface area contributed by atoms with E-state index >= 15 is 0 Å². The van der Waals surface area contributed by atoms with Gasteiger partial charge in [-0.3, -0.25) is 4.79 Å². The van der Waals surface area contributed by atoms with Crippen LogP contribution in [0.1, 0.15) is 31.7 Å². The Morgan fingerprint density at radius 2 is 2.00 bits per heavy atom. The third-order valence-corrected chi connectivity index (χ3v) is 2.90. The van der Waals surface area contributed by atoms with Crippen molar-refractivity contribution < 1.29 is 9.53 Å². The predicted molar refractivity (Wildman–Crippen MR) is 58.6 cm³/mol. The summed E-state index contributed by atoms with van der Waals surface area (Å²) in [6.07, 6.45) is 2.75. The van der Waals surface area contributed by atoms with E-state index in [-0.39, 0.29) is 11.4 Å². The van der Waals surface area contributed by atoms with Gasteiger partial charge in [0.05, 0.1) is 12.0 Å². The molecule has 2 rings (SSSR count). The molecule has 0 N–H and O–H groups in total. The first-order chi connectivity index (χ1) is 7.29. The van der Waals surface area contributed by atoms with Gasteiger partial charge in [-0.2, -0.15) is 0 Å². The first-order valence-electron chi connectivity index (χ1n) is 5.52. The Balaban J connectivity index is 2.11. The zero-order valence-corrected chi connectivity index (χ0v) is 9.03. The monoisotopic (exact) mass is 204 g/mol. The molecule has 0 amide bonds. The van der Waals surface area contributed by atoms with Gasteiger partial charge in [0.2, 0.25) is 0 Å². The van der Waals surface area contributed by atoms with Crippen molar-refractivity contribution in [3.05, 3.63) is 35.9 Å². The van der Waals surface area contributed by atoms with Crippen LogP contribution in [0.2, 0.25) is 0 Å². The highest BCUT2D eigenvalue weighted by Gasteiger charge is 2.52. The third kappa shape index (κ3) is 1.89. The fourth-order valence-electron chi connectivity index (χ4n) is 1.83. The maximum Gasteiger partial charge on any atom is 0.316 e. The van der Waals surface area contributed by atoms with Gasteiger partial charge < -0.3 is 4.74 Å². The van der Waals surface area contributed by atoms with Crippen LogP contribution < -0.4 is 0 Å². The maximum atomic E-state index is 11.9. The SMILES string of the molecule is CCCOC(=O)C1(c2ccccc2)CC1. The minimum absolute atomic E-state index is 0.0458. The summed E-state index contributed by atoms with van der Waals surface area (Å²) in [5.41, 5.74) is 0.794. The van der Waals surface area contributed by atoms with E-state index in [0.717, 1.165) is 24.8 Å². The summed E-state index contributed by atoms with van der Waals surface area (Å²) in [5, 5.41) is 0. The van der Waals surface area contributed by atoms with Crippen molar-refractivity contribution >= 4 is 5.97 Å². The van der Waals surface area contributed by atoms with E-state index < -0.39 is 0 Å². The molecule has 0 bridgehead atoms. The average Bonchev–Trinajstić information content (AvgIpc) is 3.08. The van der Waals surface area contributed by atoms with E-state index in [1.807, 2.05) is 37.3 Å². The van der Waals surface area contributed by atoms with Crippen LogP contribution >= 0.6 is 0 Å². The molecule has 0 saturated heterocycles. The molecule has 0 unspecified atom stereocenters. The third-order valence-electron chi connectivity index (χ3n) is 2.90. The van der Waals surface area contributed by atoms with Gasteiger partial charge in [0.25, 0.3) is 0 Å². The Hall–Kier alpha value is -1.31. The first kappa shape index (κ1) is 10.2. The minimum atomic E-state index is -0.309. The van der Waals surface area contributed by atoms with E-state index in [1.165, 1.54) is 0 Å². The molecule has 0 aliphatic heterocycles. The van der Waals surface area contributed by atoms with Crippen molar-refractivity contribution in [2.45, 2.75) is 31.6 Å². The Labute approximate surface area is 90.3 Å². The molecule has 1 aromatic rings. The number of rotatable bonds is 4. The van der Waals surface area contributed by atoms with E-state index in [1.54, 1.807) is 0 Å². The average molecular weight is 204 g/mol. The Bertz CT molecular complexity index is 339. The normalized spacial score (nSPS) is 17.1. The number of hydrogen-bond acceptors (Lipinski definition) is 2. The lowest BCUT2D eigenvalue weighted by atomic mass is 9.96. The number of esters is 1. The molecular weight excluding hydrogens is 188 g/mol. The second kappa shape index (κ2) is 4.05. The highest BCUT2D eigenvalue weighted by Crippen LogP contribution is 2.49. The molecule has 1 aliphatic carbocycles. The molecule has 2 nitrogen and oxygen atoms in total. The molecule has 80 valence electrons. The van der Waals surface area contributed by atoms with Crippen LogP contribution in [0.15, 0.2) is 30.3 Å². The second-order valence-electron chi connectivity index (χ2n) is 4.08. The number of benzene rings is 1. The zero-order chi connectivity index (χ0) is 10.7.